The first-order valence-corrected chi connectivity index (χ1v) is 10.1. The summed E-state index contributed by atoms with van der Waals surface area (Å²) in [6, 6.07) is 16.4. The molecule has 2 unspecified atom stereocenters. The number of likely N-dealkylation sites (tertiary alicyclic amines) is 1. The predicted molar refractivity (Wildman–Crippen MR) is 119 cm³/mol. The van der Waals surface area contributed by atoms with E-state index in [2.05, 4.69) is 5.32 Å². The minimum atomic E-state index is -0.374. The average molecular weight is 416 g/mol. The van der Waals surface area contributed by atoms with E-state index in [0.29, 0.717) is 11.3 Å². The molecule has 2 atom stereocenters. The quantitative estimate of drug-likeness (QED) is 0.759. The monoisotopic (exact) mass is 415 g/mol. The molecular formula is C23H30ClN3O2. The summed E-state index contributed by atoms with van der Waals surface area (Å²) in [6.45, 7) is 3.47. The highest BCUT2D eigenvalue weighted by Crippen LogP contribution is 2.21. The average Bonchev–Trinajstić information content (AvgIpc) is 3.03. The first kappa shape index (κ1) is 22.9. The van der Waals surface area contributed by atoms with Gasteiger partial charge in [-0.25, -0.2) is 0 Å². The van der Waals surface area contributed by atoms with Crippen LogP contribution in [0.15, 0.2) is 54.6 Å². The Morgan fingerprint density at radius 3 is 2.10 bits per heavy atom. The van der Waals surface area contributed by atoms with E-state index in [0.717, 1.165) is 31.5 Å². The number of benzene rings is 2. The number of hydrogen-bond acceptors (Lipinski definition) is 3. The van der Waals surface area contributed by atoms with Crippen molar-refractivity contribution in [1.29, 1.82) is 0 Å². The van der Waals surface area contributed by atoms with Gasteiger partial charge < -0.3 is 16.0 Å². The molecule has 0 saturated carbocycles. The largest absolute Gasteiger partial charge is 0.339 e. The minimum Gasteiger partial charge on any atom is -0.339 e. The molecule has 6 heteroatoms. The Balaban J connectivity index is 0.00000300. The zero-order valence-corrected chi connectivity index (χ0v) is 17.7. The van der Waals surface area contributed by atoms with Gasteiger partial charge in [-0.1, -0.05) is 50.1 Å². The van der Waals surface area contributed by atoms with Gasteiger partial charge in [0.05, 0.1) is 5.92 Å². The number of nitrogens with one attached hydrogen (secondary N) is 1. The molecule has 1 fully saturated rings. The second-order valence-electron chi connectivity index (χ2n) is 7.50. The Kier molecular flexibility index (Phi) is 8.68. The molecule has 29 heavy (non-hydrogen) atoms. The maximum atomic E-state index is 12.7. The van der Waals surface area contributed by atoms with E-state index in [1.54, 1.807) is 24.3 Å². The van der Waals surface area contributed by atoms with Gasteiger partial charge in [-0.3, -0.25) is 9.59 Å². The molecule has 3 rings (SSSR count). The zero-order valence-electron chi connectivity index (χ0n) is 16.8. The predicted octanol–water partition coefficient (Wildman–Crippen LogP) is 4.40. The van der Waals surface area contributed by atoms with Crippen molar-refractivity contribution < 1.29 is 9.59 Å². The number of nitrogens with zero attached hydrogens (tertiary/aromatic N) is 1. The molecule has 0 bridgehead atoms. The molecular weight excluding hydrogens is 386 g/mol. The molecule has 0 aromatic heterocycles. The van der Waals surface area contributed by atoms with Crippen LogP contribution in [0.4, 0.5) is 5.69 Å². The number of rotatable bonds is 5. The van der Waals surface area contributed by atoms with Crippen LogP contribution in [0.25, 0.3) is 0 Å². The SMILES string of the molecule is CC(C(=O)Nc1ccc(C(=O)N2CCCCCC2)cc1)C(N)c1ccccc1.Cl. The summed E-state index contributed by atoms with van der Waals surface area (Å²) in [7, 11) is 0. The van der Waals surface area contributed by atoms with Crippen molar-refractivity contribution in [2.75, 3.05) is 18.4 Å². The van der Waals surface area contributed by atoms with Gasteiger partial charge in [-0.2, -0.15) is 0 Å². The van der Waals surface area contributed by atoms with Crippen molar-refractivity contribution >= 4 is 29.9 Å². The molecule has 1 aliphatic rings. The third-order valence-electron chi connectivity index (χ3n) is 5.43. The van der Waals surface area contributed by atoms with E-state index in [1.807, 2.05) is 42.2 Å². The van der Waals surface area contributed by atoms with Crippen molar-refractivity contribution in [2.45, 2.75) is 38.6 Å². The third-order valence-corrected chi connectivity index (χ3v) is 5.43. The topological polar surface area (TPSA) is 75.4 Å². The highest BCUT2D eigenvalue weighted by atomic mass is 35.5. The van der Waals surface area contributed by atoms with Crippen molar-refractivity contribution in [1.82, 2.24) is 4.90 Å². The fourth-order valence-electron chi connectivity index (χ4n) is 3.54. The minimum absolute atomic E-state index is 0. The lowest BCUT2D eigenvalue weighted by atomic mass is 9.94. The van der Waals surface area contributed by atoms with Crippen molar-refractivity contribution in [3.05, 3.63) is 65.7 Å². The molecule has 0 aliphatic carbocycles. The summed E-state index contributed by atoms with van der Waals surface area (Å²) in [5, 5.41) is 2.90. The van der Waals surface area contributed by atoms with Crippen molar-refractivity contribution in [2.24, 2.45) is 11.7 Å². The highest BCUT2D eigenvalue weighted by molar-refractivity contribution is 5.96. The molecule has 156 valence electrons. The Morgan fingerprint density at radius 1 is 0.931 bits per heavy atom. The van der Waals surface area contributed by atoms with E-state index in [-0.39, 0.29) is 36.2 Å². The molecule has 0 spiro atoms. The smallest absolute Gasteiger partial charge is 0.253 e. The zero-order chi connectivity index (χ0) is 19.9. The molecule has 1 saturated heterocycles. The van der Waals surface area contributed by atoms with Gasteiger partial charge in [0.2, 0.25) is 5.91 Å². The Bertz CT molecular complexity index is 788. The summed E-state index contributed by atoms with van der Waals surface area (Å²) >= 11 is 0. The Hall–Kier alpha value is -2.37. The van der Waals surface area contributed by atoms with Crippen LogP contribution in [-0.2, 0) is 4.79 Å². The Labute approximate surface area is 179 Å². The van der Waals surface area contributed by atoms with Gasteiger partial charge in [0.1, 0.15) is 0 Å². The van der Waals surface area contributed by atoms with Crippen LogP contribution < -0.4 is 11.1 Å². The Morgan fingerprint density at radius 2 is 1.52 bits per heavy atom. The van der Waals surface area contributed by atoms with Crippen LogP contribution in [0.5, 0.6) is 0 Å². The summed E-state index contributed by atoms with van der Waals surface area (Å²) in [6.07, 6.45) is 4.52. The summed E-state index contributed by atoms with van der Waals surface area (Å²) in [5.74, 6) is -0.442. The van der Waals surface area contributed by atoms with E-state index < -0.39 is 0 Å². The summed E-state index contributed by atoms with van der Waals surface area (Å²) < 4.78 is 0. The first-order valence-electron chi connectivity index (χ1n) is 10.1. The number of nitrogens with two attached hydrogens (primary N) is 1. The van der Waals surface area contributed by atoms with Crippen LogP contribution in [0.2, 0.25) is 0 Å². The van der Waals surface area contributed by atoms with Gasteiger partial charge in [0.15, 0.2) is 0 Å². The lowest BCUT2D eigenvalue weighted by Gasteiger charge is -2.21. The molecule has 2 aromatic carbocycles. The van der Waals surface area contributed by atoms with Gasteiger partial charge in [0, 0.05) is 30.4 Å². The van der Waals surface area contributed by atoms with Gasteiger partial charge in [-0.05, 0) is 42.7 Å². The number of hydrogen-bond donors (Lipinski definition) is 2. The lowest BCUT2D eigenvalue weighted by molar-refractivity contribution is -0.120. The molecule has 1 aliphatic heterocycles. The van der Waals surface area contributed by atoms with E-state index in [9.17, 15) is 9.59 Å². The van der Waals surface area contributed by atoms with Gasteiger partial charge >= 0.3 is 0 Å². The van der Waals surface area contributed by atoms with E-state index >= 15 is 0 Å². The van der Waals surface area contributed by atoms with Gasteiger partial charge in [-0.15, -0.1) is 12.4 Å². The molecule has 0 radical (unpaired) electrons. The van der Waals surface area contributed by atoms with E-state index in [1.165, 1.54) is 12.8 Å². The van der Waals surface area contributed by atoms with Gasteiger partial charge in [0.25, 0.3) is 5.91 Å². The molecule has 1 heterocycles. The van der Waals surface area contributed by atoms with Crippen LogP contribution >= 0.6 is 12.4 Å². The molecule has 3 N–H and O–H groups in total. The maximum absolute atomic E-state index is 12.7. The second kappa shape index (κ2) is 11.0. The highest BCUT2D eigenvalue weighted by Gasteiger charge is 2.22. The summed E-state index contributed by atoms with van der Waals surface area (Å²) in [5.41, 5.74) is 8.51. The van der Waals surface area contributed by atoms with Crippen LogP contribution in [0.3, 0.4) is 0 Å². The fraction of sp³-hybridized carbons (Fsp3) is 0.391. The molecule has 5 nitrogen and oxygen atoms in total. The number of amides is 2. The molecule has 2 amide bonds. The summed E-state index contributed by atoms with van der Waals surface area (Å²) in [4.78, 5) is 27.2. The maximum Gasteiger partial charge on any atom is 0.253 e. The number of carbonyl (C=O) groups excluding carboxylic acids is 2. The third kappa shape index (κ3) is 6.05. The fourth-order valence-corrected chi connectivity index (χ4v) is 3.54. The normalized spacial score (nSPS) is 16.1. The van der Waals surface area contributed by atoms with Crippen LogP contribution in [0.1, 0.15) is 54.6 Å². The second-order valence-corrected chi connectivity index (χ2v) is 7.50. The number of halogens is 1. The standard InChI is InChI=1S/C23H29N3O2.ClH/c1-17(21(24)18-9-5-4-6-10-18)22(27)25-20-13-11-19(12-14-20)23(28)26-15-7-2-3-8-16-26;/h4-6,9-14,17,21H,2-3,7-8,15-16,24H2,1H3,(H,25,27);1H. The number of carbonyl (C=O) groups is 2. The number of anilines is 1. The van der Waals surface area contributed by atoms with Crippen LogP contribution in [-0.4, -0.2) is 29.8 Å². The van der Waals surface area contributed by atoms with Crippen LogP contribution in [0, 0.1) is 5.92 Å². The first-order chi connectivity index (χ1) is 13.6. The van der Waals surface area contributed by atoms with E-state index in [4.69, 9.17) is 5.73 Å². The molecule has 2 aromatic rings. The van der Waals surface area contributed by atoms with Crippen molar-refractivity contribution in [3.8, 4) is 0 Å². The van der Waals surface area contributed by atoms with Crippen molar-refractivity contribution in [3.63, 3.8) is 0 Å². The lowest BCUT2D eigenvalue weighted by Crippen LogP contribution is -2.32.